The number of rotatable bonds is 4. The molecule has 0 unspecified atom stereocenters. The SMILES string of the molecule is CCS(=O)(=O)CCn1c(C)c(C)c2c(N)nc(C)nc21. The van der Waals surface area contributed by atoms with Crippen molar-refractivity contribution < 1.29 is 8.42 Å². The van der Waals surface area contributed by atoms with E-state index in [1.807, 2.05) is 18.4 Å². The van der Waals surface area contributed by atoms with Crippen LogP contribution in [0.25, 0.3) is 11.0 Å². The molecule has 2 aromatic heterocycles. The van der Waals surface area contributed by atoms with E-state index in [9.17, 15) is 8.42 Å². The summed E-state index contributed by atoms with van der Waals surface area (Å²) < 4.78 is 25.3. The highest BCUT2D eigenvalue weighted by molar-refractivity contribution is 7.91. The van der Waals surface area contributed by atoms with E-state index in [0.29, 0.717) is 18.2 Å². The van der Waals surface area contributed by atoms with E-state index in [1.54, 1.807) is 13.8 Å². The number of aryl methyl sites for hydroxylation is 3. The van der Waals surface area contributed by atoms with E-state index < -0.39 is 9.84 Å². The Morgan fingerprint density at radius 2 is 1.85 bits per heavy atom. The van der Waals surface area contributed by atoms with E-state index in [0.717, 1.165) is 22.3 Å². The second-order valence-electron chi connectivity index (χ2n) is 4.95. The van der Waals surface area contributed by atoms with Crippen LogP contribution in [0.4, 0.5) is 5.82 Å². The van der Waals surface area contributed by atoms with Gasteiger partial charge in [-0.1, -0.05) is 6.92 Å². The lowest BCUT2D eigenvalue weighted by Crippen LogP contribution is -2.15. The van der Waals surface area contributed by atoms with Crippen LogP contribution in [0.2, 0.25) is 0 Å². The Bertz CT molecular complexity index is 763. The molecule has 0 aromatic carbocycles. The summed E-state index contributed by atoms with van der Waals surface area (Å²) >= 11 is 0. The van der Waals surface area contributed by atoms with Crippen molar-refractivity contribution in [3.05, 3.63) is 17.1 Å². The number of fused-ring (bicyclic) bond motifs is 1. The average molecular weight is 296 g/mol. The largest absolute Gasteiger partial charge is 0.383 e. The molecule has 2 rings (SSSR count). The van der Waals surface area contributed by atoms with Gasteiger partial charge >= 0.3 is 0 Å². The number of hydrogen-bond donors (Lipinski definition) is 1. The minimum Gasteiger partial charge on any atom is -0.383 e. The zero-order valence-corrected chi connectivity index (χ0v) is 13.1. The van der Waals surface area contributed by atoms with E-state index >= 15 is 0 Å². The molecule has 0 fully saturated rings. The number of sulfone groups is 1. The van der Waals surface area contributed by atoms with Crippen LogP contribution < -0.4 is 5.73 Å². The molecule has 0 aliphatic carbocycles. The van der Waals surface area contributed by atoms with Crippen LogP contribution in [0.3, 0.4) is 0 Å². The van der Waals surface area contributed by atoms with Crippen LogP contribution in [-0.4, -0.2) is 34.5 Å². The molecular formula is C13H20N4O2S. The van der Waals surface area contributed by atoms with Crippen molar-refractivity contribution in [3.8, 4) is 0 Å². The first-order chi connectivity index (χ1) is 9.26. The van der Waals surface area contributed by atoms with Crippen LogP contribution >= 0.6 is 0 Å². The minimum absolute atomic E-state index is 0.108. The maximum absolute atomic E-state index is 11.7. The zero-order chi connectivity index (χ0) is 15.1. The molecule has 0 saturated heterocycles. The van der Waals surface area contributed by atoms with Gasteiger partial charge in [-0.15, -0.1) is 0 Å². The minimum atomic E-state index is -3.01. The zero-order valence-electron chi connectivity index (χ0n) is 12.3. The molecule has 0 saturated carbocycles. The summed E-state index contributed by atoms with van der Waals surface area (Å²) in [6.07, 6.45) is 0. The molecule has 0 aliphatic rings. The standard InChI is InChI=1S/C13H20N4O2S/c1-5-20(18,19)7-6-17-9(3)8(2)11-12(14)15-10(4)16-13(11)17/h5-7H2,1-4H3,(H2,14,15,16). The van der Waals surface area contributed by atoms with Gasteiger partial charge in [0.1, 0.15) is 17.3 Å². The lowest BCUT2D eigenvalue weighted by atomic mass is 10.2. The third kappa shape index (κ3) is 2.49. The van der Waals surface area contributed by atoms with Crippen LogP contribution in [0.1, 0.15) is 24.0 Å². The number of anilines is 1. The fraction of sp³-hybridized carbons (Fsp3) is 0.538. The molecule has 0 aliphatic heterocycles. The van der Waals surface area contributed by atoms with Crippen LogP contribution in [-0.2, 0) is 16.4 Å². The Balaban J connectivity index is 2.56. The number of hydrogen-bond acceptors (Lipinski definition) is 5. The second-order valence-corrected chi connectivity index (χ2v) is 7.43. The lowest BCUT2D eigenvalue weighted by Gasteiger charge is -2.08. The van der Waals surface area contributed by atoms with Crippen molar-refractivity contribution >= 4 is 26.7 Å². The van der Waals surface area contributed by atoms with E-state index in [4.69, 9.17) is 5.73 Å². The normalized spacial score (nSPS) is 12.2. The van der Waals surface area contributed by atoms with Gasteiger partial charge in [0.2, 0.25) is 0 Å². The highest BCUT2D eigenvalue weighted by Crippen LogP contribution is 2.27. The summed E-state index contributed by atoms with van der Waals surface area (Å²) in [6.45, 7) is 7.73. The Labute approximate surface area is 118 Å². The third-order valence-electron chi connectivity index (χ3n) is 3.67. The van der Waals surface area contributed by atoms with Crippen molar-refractivity contribution in [3.63, 3.8) is 0 Å². The molecule has 2 N–H and O–H groups in total. The first-order valence-corrected chi connectivity index (χ1v) is 8.39. The lowest BCUT2D eigenvalue weighted by molar-refractivity contribution is 0.590. The van der Waals surface area contributed by atoms with Crippen molar-refractivity contribution in [1.82, 2.24) is 14.5 Å². The molecule has 0 amide bonds. The van der Waals surface area contributed by atoms with Gasteiger partial charge in [0.05, 0.1) is 11.1 Å². The average Bonchev–Trinajstić information content (AvgIpc) is 2.60. The van der Waals surface area contributed by atoms with E-state index in [-0.39, 0.29) is 11.5 Å². The summed E-state index contributed by atoms with van der Waals surface area (Å²) in [4.78, 5) is 8.60. The summed E-state index contributed by atoms with van der Waals surface area (Å²) in [6, 6.07) is 0. The van der Waals surface area contributed by atoms with Crippen molar-refractivity contribution in [2.45, 2.75) is 34.2 Å². The van der Waals surface area contributed by atoms with Crippen molar-refractivity contribution in [2.24, 2.45) is 0 Å². The quantitative estimate of drug-likeness (QED) is 0.920. The molecule has 0 spiro atoms. The second kappa shape index (κ2) is 5.05. The highest BCUT2D eigenvalue weighted by atomic mass is 32.2. The van der Waals surface area contributed by atoms with Crippen LogP contribution in [0.5, 0.6) is 0 Å². The molecule has 2 aromatic rings. The maximum atomic E-state index is 11.7. The highest BCUT2D eigenvalue weighted by Gasteiger charge is 2.17. The number of aromatic nitrogens is 3. The Kier molecular flexibility index (Phi) is 3.73. The first-order valence-electron chi connectivity index (χ1n) is 6.56. The predicted octanol–water partition coefficient (Wildman–Crippen LogP) is 1.37. The Morgan fingerprint density at radius 1 is 1.20 bits per heavy atom. The Morgan fingerprint density at radius 3 is 2.45 bits per heavy atom. The monoisotopic (exact) mass is 296 g/mol. The number of nitrogens with zero attached hydrogens (tertiary/aromatic N) is 3. The van der Waals surface area contributed by atoms with Gasteiger partial charge in [0, 0.05) is 18.0 Å². The molecule has 7 heteroatoms. The predicted molar refractivity (Wildman–Crippen MR) is 80.5 cm³/mol. The van der Waals surface area contributed by atoms with E-state index in [2.05, 4.69) is 9.97 Å². The third-order valence-corrected chi connectivity index (χ3v) is 5.36. The fourth-order valence-electron chi connectivity index (χ4n) is 2.32. The Hall–Kier alpha value is -1.63. The summed E-state index contributed by atoms with van der Waals surface area (Å²) in [5, 5.41) is 0.821. The van der Waals surface area contributed by atoms with Gasteiger partial charge < -0.3 is 10.3 Å². The summed E-state index contributed by atoms with van der Waals surface area (Å²) in [5.74, 6) is 1.30. The van der Waals surface area contributed by atoms with Gasteiger partial charge in [0.25, 0.3) is 0 Å². The molecule has 0 radical (unpaired) electrons. The van der Waals surface area contributed by atoms with E-state index in [1.165, 1.54) is 0 Å². The summed E-state index contributed by atoms with van der Waals surface area (Å²) in [7, 11) is -3.01. The fourth-order valence-corrected chi connectivity index (χ4v) is 3.07. The molecule has 20 heavy (non-hydrogen) atoms. The molecule has 0 atom stereocenters. The molecule has 110 valence electrons. The molecule has 6 nitrogen and oxygen atoms in total. The van der Waals surface area contributed by atoms with Gasteiger partial charge in [-0.05, 0) is 26.3 Å². The smallest absolute Gasteiger partial charge is 0.151 e. The van der Waals surface area contributed by atoms with Crippen LogP contribution in [0, 0.1) is 20.8 Å². The van der Waals surface area contributed by atoms with Crippen LogP contribution in [0.15, 0.2) is 0 Å². The topological polar surface area (TPSA) is 90.9 Å². The number of nitrogen functional groups attached to an aromatic ring is 1. The summed E-state index contributed by atoms with van der Waals surface area (Å²) in [5.41, 5.74) is 8.67. The first kappa shape index (κ1) is 14.8. The van der Waals surface area contributed by atoms with Crippen molar-refractivity contribution in [1.29, 1.82) is 0 Å². The van der Waals surface area contributed by atoms with Gasteiger partial charge in [0.15, 0.2) is 9.84 Å². The van der Waals surface area contributed by atoms with Gasteiger partial charge in [-0.25, -0.2) is 18.4 Å². The molecule has 2 heterocycles. The number of nitrogens with two attached hydrogens (primary N) is 1. The van der Waals surface area contributed by atoms with Gasteiger partial charge in [-0.3, -0.25) is 0 Å². The molecular weight excluding hydrogens is 276 g/mol. The van der Waals surface area contributed by atoms with Crippen molar-refractivity contribution in [2.75, 3.05) is 17.2 Å². The maximum Gasteiger partial charge on any atom is 0.151 e. The van der Waals surface area contributed by atoms with Gasteiger partial charge in [-0.2, -0.15) is 0 Å². The molecule has 0 bridgehead atoms.